The van der Waals surface area contributed by atoms with Crippen molar-refractivity contribution < 1.29 is 4.79 Å². The molecule has 1 aliphatic rings. The fourth-order valence-corrected chi connectivity index (χ4v) is 3.34. The maximum Gasteiger partial charge on any atom is 0.242 e. The van der Waals surface area contributed by atoms with Crippen LogP contribution in [0, 0.1) is 0 Å². The SMILES string of the molecule is NCCNC(=O)C1CCCN1c1ncnc2sccc12. The van der Waals surface area contributed by atoms with Gasteiger partial charge >= 0.3 is 0 Å². The lowest BCUT2D eigenvalue weighted by Gasteiger charge is -2.25. The Morgan fingerprint density at radius 1 is 1.55 bits per heavy atom. The first-order valence-electron chi connectivity index (χ1n) is 6.74. The third-order valence-electron chi connectivity index (χ3n) is 3.51. The minimum atomic E-state index is -0.153. The van der Waals surface area contributed by atoms with E-state index in [1.807, 2.05) is 11.4 Å². The largest absolute Gasteiger partial charge is 0.353 e. The first-order chi connectivity index (χ1) is 9.81. The van der Waals surface area contributed by atoms with Gasteiger partial charge < -0.3 is 16.0 Å². The van der Waals surface area contributed by atoms with Crippen molar-refractivity contribution >= 4 is 33.3 Å². The molecule has 2 aromatic rings. The van der Waals surface area contributed by atoms with Gasteiger partial charge in [-0.3, -0.25) is 4.79 Å². The molecule has 3 heterocycles. The zero-order valence-electron chi connectivity index (χ0n) is 11.1. The minimum Gasteiger partial charge on any atom is -0.353 e. The Morgan fingerprint density at radius 3 is 3.30 bits per heavy atom. The second-order valence-corrected chi connectivity index (χ2v) is 5.66. The van der Waals surface area contributed by atoms with Crippen LogP contribution in [0.2, 0.25) is 0 Å². The van der Waals surface area contributed by atoms with Gasteiger partial charge in [0.05, 0.1) is 5.39 Å². The zero-order valence-corrected chi connectivity index (χ0v) is 11.9. The zero-order chi connectivity index (χ0) is 13.9. The molecule has 20 heavy (non-hydrogen) atoms. The molecule has 106 valence electrons. The van der Waals surface area contributed by atoms with Crippen molar-refractivity contribution in [2.45, 2.75) is 18.9 Å². The third-order valence-corrected chi connectivity index (χ3v) is 4.33. The van der Waals surface area contributed by atoms with Gasteiger partial charge in [0.25, 0.3) is 0 Å². The molecule has 3 rings (SSSR count). The van der Waals surface area contributed by atoms with Gasteiger partial charge in [-0.25, -0.2) is 9.97 Å². The predicted molar refractivity (Wildman–Crippen MR) is 79.8 cm³/mol. The van der Waals surface area contributed by atoms with Crippen LogP contribution in [-0.2, 0) is 4.79 Å². The first-order valence-corrected chi connectivity index (χ1v) is 7.62. The molecular formula is C13H17N5OS. The summed E-state index contributed by atoms with van der Waals surface area (Å²) in [7, 11) is 0. The van der Waals surface area contributed by atoms with Crippen LogP contribution in [0.1, 0.15) is 12.8 Å². The number of hydrogen-bond acceptors (Lipinski definition) is 6. The summed E-state index contributed by atoms with van der Waals surface area (Å²) in [5.74, 6) is 0.900. The molecule has 0 saturated carbocycles. The lowest BCUT2D eigenvalue weighted by molar-refractivity contribution is -0.122. The molecule has 0 spiro atoms. The summed E-state index contributed by atoms with van der Waals surface area (Å²) in [5, 5.41) is 5.90. The first kappa shape index (κ1) is 13.3. The molecule has 0 aromatic carbocycles. The number of carbonyl (C=O) groups is 1. The molecule has 0 bridgehead atoms. The molecule has 6 nitrogen and oxygen atoms in total. The van der Waals surface area contributed by atoms with Crippen LogP contribution in [0.4, 0.5) is 5.82 Å². The fraction of sp³-hybridized carbons (Fsp3) is 0.462. The van der Waals surface area contributed by atoms with E-state index in [-0.39, 0.29) is 11.9 Å². The number of nitrogens with two attached hydrogens (primary N) is 1. The number of carbonyl (C=O) groups excluding carboxylic acids is 1. The standard InChI is InChI=1S/C13H17N5OS/c14-4-5-15-12(19)10-2-1-6-18(10)11-9-3-7-20-13(9)17-8-16-11/h3,7-8,10H,1-2,4-6,14H2,(H,15,19). The van der Waals surface area contributed by atoms with E-state index in [1.165, 1.54) is 0 Å². The van der Waals surface area contributed by atoms with Crippen molar-refractivity contribution in [3.05, 3.63) is 17.8 Å². The summed E-state index contributed by atoms with van der Waals surface area (Å²) in [5.41, 5.74) is 5.43. The Bertz CT molecular complexity index is 614. The van der Waals surface area contributed by atoms with Crippen LogP contribution in [0.3, 0.4) is 0 Å². The lowest BCUT2D eigenvalue weighted by Crippen LogP contribution is -2.45. The molecule has 0 aliphatic carbocycles. The van der Waals surface area contributed by atoms with E-state index in [0.29, 0.717) is 13.1 Å². The number of nitrogens with zero attached hydrogens (tertiary/aromatic N) is 3. The maximum absolute atomic E-state index is 12.2. The van der Waals surface area contributed by atoms with Gasteiger partial charge in [-0.05, 0) is 24.3 Å². The average Bonchev–Trinajstić information content (AvgIpc) is 3.12. The Kier molecular flexibility index (Phi) is 3.79. The van der Waals surface area contributed by atoms with Crippen molar-refractivity contribution in [1.29, 1.82) is 0 Å². The van der Waals surface area contributed by atoms with Crippen LogP contribution < -0.4 is 16.0 Å². The number of amides is 1. The smallest absolute Gasteiger partial charge is 0.242 e. The topological polar surface area (TPSA) is 84.1 Å². The Labute approximate surface area is 121 Å². The average molecular weight is 291 g/mol. The van der Waals surface area contributed by atoms with Gasteiger partial charge in [-0.2, -0.15) is 0 Å². The van der Waals surface area contributed by atoms with Crippen LogP contribution in [0.25, 0.3) is 10.2 Å². The molecule has 1 atom stereocenters. The number of nitrogens with one attached hydrogen (secondary N) is 1. The Morgan fingerprint density at radius 2 is 2.45 bits per heavy atom. The number of aromatic nitrogens is 2. The van der Waals surface area contributed by atoms with E-state index in [1.54, 1.807) is 17.7 Å². The number of rotatable bonds is 4. The minimum absolute atomic E-state index is 0.0370. The maximum atomic E-state index is 12.2. The molecule has 1 aliphatic heterocycles. The highest BCUT2D eigenvalue weighted by Crippen LogP contribution is 2.31. The number of anilines is 1. The van der Waals surface area contributed by atoms with Gasteiger partial charge in [0.2, 0.25) is 5.91 Å². The Hall–Kier alpha value is -1.73. The van der Waals surface area contributed by atoms with E-state index < -0.39 is 0 Å². The van der Waals surface area contributed by atoms with Gasteiger partial charge in [0, 0.05) is 19.6 Å². The van der Waals surface area contributed by atoms with Crippen LogP contribution in [0.15, 0.2) is 17.8 Å². The van der Waals surface area contributed by atoms with Gasteiger partial charge in [-0.15, -0.1) is 11.3 Å². The predicted octanol–water partition coefficient (Wildman–Crippen LogP) is 0.735. The summed E-state index contributed by atoms with van der Waals surface area (Å²) >= 11 is 1.59. The second-order valence-electron chi connectivity index (χ2n) is 4.77. The van der Waals surface area contributed by atoms with E-state index in [9.17, 15) is 4.79 Å². The highest BCUT2D eigenvalue weighted by atomic mass is 32.1. The van der Waals surface area contributed by atoms with Gasteiger partial charge in [0.1, 0.15) is 23.0 Å². The van der Waals surface area contributed by atoms with E-state index in [0.717, 1.165) is 35.4 Å². The molecule has 1 amide bonds. The molecule has 7 heteroatoms. The van der Waals surface area contributed by atoms with Crippen molar-refractivity contribution in [3.63, 3.8) is 0 Å². The summed E-state index contributed by atoms with van der Waals surface area (Å²) in [6.45, 7) is 1.82. The van der Waals surface area contributed by atoms with E-state index in [4.69, 9.17) is 5.73 Å². The Balaban J connectivity index is 1.88. The summed E-state index contributed by atoms with van der Waals surface area (Å²) in [6, 6.07) is 1.86. The van der Waals surface area contributed by atoms with Crippen molar-refractivity contribution in [2.75, 3.05) is 24.5 Å². The van der Waals surface area contributed by atoms with Crippen LogP contribution >= 0.6 is 11.3 Å². The van der Waals surface area contributed by atoms with Crippen LogP contribution in [0.5, 0.6) is 0 Å². The fourth-order valence-electron chi connectivity index (χ4n) is 2.61. The quantitative estimate of drug-likeness (QED) is 0.868. The summed E-state index contributed by atoms with van der Waals surface area (Å²) in [6.07, 6.45) is 3.42. The van der Waals surface area contributed by atoms with Gasteiger partial charge in [0.15, 0.2) is 0 Å². The molecule has 3 N–H and O–H groups in total. The van der Waals surface area contributed by atoms with Gasteiger partial charge in [-0.1, -0.05) is 0 Å². The van der Waals surface area contributed by atoms with Crippen LogP contribution in [-0.4, -0.2) is 41.6 Å². The van der Waals surface area contributed by atoms with Crippen molar-refractivity contribution in [2.24, 2.45) is 5.73 Å². The molecule has 0 radical (unpaired) electrons. The number of hydrogen-bond donors (Lipinski definition) is 2. The monoisotopic (exact) mass is 291 g/mol. The lowest BCUT2D eigenvalue weighted by atomic mass is 10.2. The highest BCUT2D eigenvalue weighted by Gasteiger charge is 2.32. The molecule has 1 fully saturated rings. The number of fused-ring (bicyclic) bond motifs is 1. The summed E-state index contributed by atoms with van der Waals surface area (Å²) < 4.78 is 0. The van der Waals surface area contributed by atoms with E-state index >= 15 is 0 Å². The molecule has 1 saturated heterocycles. The summed E-state index contributed by atoms with van der Waals surface area (Å²) in [4.78, 5) is 23.9. The highest BCUT2D eigenvalue weighted by molar-refractivity contribution is 7.16. The molecule has 2 aromatic heterocycles. The van der Waals surface area contributed by atoms with Crippen molar-refractivity contribution in [3.8, 4) is 0 Å². The van der Waals surface area contributed by atoms with E-state index in [2.05, 4.69) is 20.2 Å². The number of thiophene rings is 1. The molecular weight excluding hydrogens is 274 g/mol. The normalized spacial score (nSPS) is 18.6. The second kappa shape index (κ2) is 5.72. The third kappa shape index (κ3) is 2.34. The van der Waals surface area contributed by atoms with Crippen molar-refractivity contribution in [1.82, 2.24) is 15.3 Å². The molecule has 1 unspecified atom stereocenters.